The topological polar surface area (TPSA) is 58.6 Å². The normalized spacial score (nSPS) is 14.2. The molecule has 0 radical (unpaired) electrons. The van der Waals surface area contributed by atoms with Crippen LogP contribution < -0.4 is 5.32 Å². The van der Waals surface area contributed by atoms with Crippen molar-refractivity contribution in [1.82, 2.24) is 5.32 Å². The Bertz CT molecular complexity index is 539. The number of amides is 1. The number of ether oxygens (including phenoxy) is 1. The number of aliphatic hydroxyl groups is 1. The Morgan fingerprint density at radius 2 is 2.04 bits per heavy atom. The molecule has 1 amide bonds. The summed E-state index contributed by atoms with van der Waals surface area (Å²) in [5.74, 6) is -0.488. The van der Waals surface area contributed by atoms with Gasteiger partial charge in [0.05, 0.1) is 11.6 Å². The standard InChI is InChI=1S/C17H25ClFNO3/c1-5-17(11-21,10-20-15(22)23-16(2,3)4)9-12-7-6-8-13(18)14(12)19/h6-8,21H,5,9-11H2,1-4H3,(H,20,22). The zero-order chi connectivity index (χ0) is 17.7. The first kappa shape index (κ1) is 19.7. The molecule has 0 bridgehead atoms. The van der Waals surface area contributed by atoms with Gasteiger partial charge in [0.2, 0.25) is 0 Å². The molecule has 2 N–H and O–H groups in total. The molecule has 1 aromatic rings. The van der Waals surface area contributed by atoms with Crippen LogP contribution in [0.15, 0.2) is 18.2 Å². The molecular weight excluding hydrogens is 321 g/mol. The summed E-state index contributed by atoms with van der Waals surface area (Å²) in [6.07, 6.45) is 0.267. The molecule has 0 saturated heterocycles. The van der Waals surface area contributed by atoms with Crippen LogP contribution in [0.5, 0.6) is 0 Å². The summed E-state index contributed by atoms with van der Waals surface area (Å²) >= 11 is 5.80. The maximum atomic E-state index is 14.1. The van der Waals surface area contributed by atoms with Crippen molar-refractivity contribution < 1.29 is 19.0 Å². The lowest BCUT2D eigenvalue weighted by Crippen LogP contribution is -2.43. The van der Waals surface area contributed by atoms with E-state index < -0.39 is 22.9 Å². The number of aliphatic hydroxyl groups excluding tert-OH is 1. The highest BCUT2D eigenvalue weighted by Gasteiger charge is 2.30. The van der Waals surface area contributed by atoms with Crippen LogP contribution in [0.25, 0.3) is 0 Å². The molecule has 23 heavy (non-hydrogen) atoms. The van der Waals surface area contributed by atoms with E-state index in [4.69, 9.17) is 16.3 Å². The van der Waals surface area contributed by atoms with Crippen LogP contribution in [0.1, 0.15) is 39.7 Å². The van der Waals surface area contributed by atoms with E-state index in [-0.39, 0.29) is 24.6 Å². The molecule has 0 aromatic heterocycles. The largest absolute Gasteiger partial charge is 0.444 e. The fourth-order valence-electron chi connectivity index (χ4n) is 2.20. The number of nitrogens with one attached hydrogen (secondary N) is 1. The summed E-state index contributed by atoms with van der Waals surface area (Å²) in [7, 11) is 0. The monoisotopic (exact) mass is 345 g/mol. The van der Waals surface area contributed by atoms with E-state index in [0.29, 0.717) is 12.0 Å². The highest BCUT2D eigenvalue weighted by atomic mass is 35.5. The van der Waals surface area contributed by atoms with E-state index in [0.717, 1.165) is 0 Å². The van der Waals surface area contributed by atoms with Crippen LogP contribution in [0, 0.1) is 11.2 Å². The lowest BCUT2D eigenvalue weighted by molar-refractivity contribution is 0.0460. The van der Waals surface area contributed by atoms with E-state index in [1.807, 2.05) is 6.92 Å². The van der Waals surface area contributed by atoms with E-state index in [1.165, 1.54) is 6.07 Å². The van der Waals surface area contributed by atoms with Crippen molar-refractivity contribution in [1.29, 1.82) is 0 Å². The molecule has 0 aliphatic carbocycles. The Morgan fingerprint density at radius 1 is 1.39 bits per heavy atom. The van der Waals surface area contributed by atoms with Gasteiger partial charge in [-0.3, -0.25) is 0 Å². The lowest BCUT2D eigenvalue weighted by Gasteiger charge is -2.32. The first-order valence-corrected chi connectivity index (χ1v) is 8.01. The molecule has 0 fully saturated rings. The molecule has 6 heteroatoms. The third kappa shape index (κ3) is 5.99. The van der Waals surface area contributed by atoms with Crippen molar-refractivity contribution in [3.8, 4) is 0 Å². The van der Waals surface area contributed by atoms with Crippen LogP contribution in [-0.2, 0) is 11.2 Å². The second kappa shape index (κ2) is 7.97. The van der Waals surface area contributed by atoms with Crippen LogP contribution in [0.2, 0.25) is 5.02 Å². The van der Waals surface area contributed by atoms with E-state index in [1.54, 1.807) is 32.9 Å². The number of hydrogen-bond donors (Lipinski definition) is 2. The van der Waals surface area contributed by atoms with Gasteiger partial charge in [0.25, 0.3) is 0 Å². The van der Waals surface area contributed by atoms with Crippen molar-refractivity contribution in [3.63, 3.8) is 0 Å². The Kier molecular flexibility index (Phi) is 6.84. The summed E-state index contributed by atoms with van der Waals surface area (Å²) in [6.45, 7) is 7.19. The van der Waals surface area contributed by atoms with Crippen LogP contribution in [0.4, 0.5) is 9.18 Å². The zero-order valence-electron chi connectivity index (χ0n) is 14.1. The third-order valence-electron chi connectivity index (χ3n) is 3.69. The predicted octanol–water partition coefficient (Wildman–Crippen LogP) is 3.94. The summed E-state index contributed by atoms with van der Waals surface area (Å²) in [6, 6.07) is 4.78. The number of carbonyl (C=O) groups excluding carboxylic acids is 1. The summed E-state index contributed by atoms with van der Waals surface area (Å²) < 4.78 is 19.3. The van der Waals surface area contributed by atoms with Gasteiger partial charge in [0, 0.05) is 12.0 Å². The first-order chi connectivity index (χ1) is 10.6. The van der Waals surface area contributed by atoms with Crippen LogP contribution in [0.3, 0.4) is 0 Å². The van der Waals surface area contributed by atoms with Gasteiger partial charge in [0.1, 0.15) is 11.4 Å². The SMILES string of the molecule is CCC(CO)(CNC(=O)OC(C)(C)C)Cc1cccc(Cl)c1F. The minimum Gasteiger partial charge on any atom is -0.444 e. The van der Waals surface area contributed by atoms with Crippen LogP contribution >= 0.6 is 11.6 Å². The van der Waals surface area contributed by atoms with Crippen molar-refractivity contribution >= 4 is 17.7 Å². The second-order valence-corrected chi connectivity index (χ2v) is 7.16. The smallest absolute Gasteiger partial charge is 0.407 e. The second-order valence-electron chi connectivity index (χ2n) is 6.76. The molecule has 1 unspecified atom stereocenters. The highest BCUT2D eigenvalue weighted by molar-refractivity contribution is 6.30. The molecule has 130 valence electrons. The van der Waals surface area contributed by atoms with Gasteiger partial charge in [0.15, 0.2) is 0 Å². The number of carbonyl (C=O) groups is 1. The average molecular weight is 346 g/mol. The lowest BCUT2D eigenvalue weighted by atomic mass is 9.79. The van der Waals surface area contributed by atoms with Gasteiger partial charge in [-0.25, -0.2) is 9.18 Å². The molecule has 0 heterocycles. The third-order valence-corrected chi connectivity index (χ3v) is 3.98. The number of rotatable bonds is 6. The number of hydrogen-bond acceptors (Lipinski definition) is 3. The molecule has 1 rings (SSSR count). The van der Waals surface area contributed by atoms with Gasteiger partial charge in [-0.15, -0.1) is 0 Å². The Hall–Kier alpha value is -1.33. The predicted molar refractivity (Wildman–Crippen MR) is 89.2 cm³/mol. The molecule has 0 spiro atoms. The molecule has 0 aliphatic heterocycles. The highest BCUT2D eigenvalue weighted by Crippen LogP contribution is 2.29. The first-order valence-electron chi connectivity index (χ1n) is 7.63. The summed E-state index contributed by atoms with van der Waals surface area (Å²) in [4.78, 5) is 11.8. The van der Waals surface area contributed by atoms with E-state index in [9.17, 15) is 14.3 Å². The van der Waals surface area contributed by atoms with Crippen LogP contribution in [-0.4, -0.2) is 30.0 Å². The van der Waals surface area contributed by atoms with Gasteiger partial charge >= 0.3 is 6.09 Å². The van der Waals surface area contributed by atoms with Crippen molar-refractivity contribution in [2.24, 2.45) is 5.41 Å². The minimum absolute atomic E-state index is 0.0468. The van der Waals surface area contributed by atoms with Gasteiger partial charge in [-0.05, 0) is 45.2 Å². The quantitative estimate of drug-likeness (QED) is 0.821. The fourth-order valence-corrected chi connectivity index (χ4v) is 2.39. The molecule has 0 aliphatic rings. The molecule has 1 aromatic carbocycles. The average Bonchev–Trinajstić information content (AvgIpc) is 2.46. The molecular formula is C17H25ClFNO3. The van der Waals surface area contributed by atoms with E-state index in [2.05, 4.69) is 5.32 Å². The van der Waals surface area contributed by atoms with Gasteiger partial charge in [-0.2, -0.15) is 0 Å². The maximum absolute atomic E-state index is 14.1. The Labute approximate surface area is 142 Å². The number of benzene rings is 1. The zero-order valence-corrected chi connectivity index (χ0v) is 14.8. The number of halogens is 2. The molecule has 1 atom stereocenters. The van der Waals surface area contributed by atoms with Crippen molar-refractivity contribution in [3.05, 3.63) is 34.6 Å². The van der Waals surface area contributed by atoms with Gasteiger partial charge in [-0.1, -0.05) is 30.7 Å². The van der Waals surface area contributed by atoms with E-state index >= 15 is 0 Å². The van der Waals surface area contributed by atoms with Crippen molar-refractivity contribution in [2.75, 3.05) is 13.2 Å². The molecule has 0 saturated carbocycles. The Balaban J connectivity index is 2.83. The fraction of sp³-hybridized carbons (Fsp3) is 0.588. The maximum Gasteiger partial charge on any atom is 0.407 e. The molecule has 4 nitrogen and oxygen atoms in total. The summed E-state index contributed by atoms with van der Waals surface area (Å²) in [5, 5.41) is 12.5. The Morgan fingerprint density at radius 3 is 2.57 bits per heavy atom. The van der Waals surface area contributed by atoms with Gasteiger partial charge < -0.3 is 15.2 Å². The minimum atomic E-state index is -0.678. The summed E-state index contributed by atoms with van der Waals surface area (Å²) in [5.41, 5.74) is -0.862. The number of alkyl carbamates (subject to hydrolysis) is 1. The van der Waals surface area contributed by atoms with Crippen molar-refractivity contribution in [2.45, 2.75) is 46.1 Å².